The van der Waals surface area contributed by atoms with E-state index in [9.17, 15) is 9.18 Å². The number of nitrogens with one attached hydrogen (secondary N) is 1. The molecule has 0 atom stereocenters. The van der Waals surface area contributed by atoms with Crippen LogP contribution in [0, 0.1) is 5.82 Å². The first-order valence-electron chi connectivity index (χ1n) is 5.16. The summed E-state index contributed by atoms with van der Waals surface area (Å²) in [5.74, 6) is -0.886. The first-order valence-corrected chi connectivity index (χ1v) is 5.16. The lowest BCUT2D eigenvalue weighted by Crippen LogP contribution is -2.27. The van der Waals surface area contributed by atoms with Crippen molar-refractivity contribution in [2.75, 3.05) is 13.2 Å². The highest BCUT2D eigenvalue weighted by Gasteiger charge is 2.09. The third kappa shape index (κ3) is 2.39. The Balaban J connectivity index is 2.37. The second kappa shape index (κ2) is 4.88. The maximum absolute atomic E-state index is 13.4. The van der Waals surface area contributed by atoms with Crippen molar-refractivity contribution in [3.63, 3.8) is 0 Å². The van der Waals surface area contributed by atoms with Gasteiger partial charge in [0.1, 0.15) is 17.0 Å². The first kappa shape index (κ1) is 11.5. The van der Waals surface area contributed by atoms with Crippen molar-refractivity contribution in [3.8, 4) is 0 Å². The predicted octanol–water partition coefficient (Wildman–Crippen LogP) is 1.10. The van der Waals surface area contributed by atoms with Gasteiger partial charge in [-0.05, 0) is 12.1 Å². The minimum atomic E-state index is -0.459. The van der Waals surface area contributed by atoms with E-state index in [1.807, 2.05) is 0 Å². The third-order valence-corrected chi connectivity index (χ3v) is 2.30. The van der Waals surface area contributed by atoms with Crippen molar-refractivity contribution < 1.29 is 14.3 Å². The summed E-state index contributed by atoms with van der Waals surface area (Å²) in [5.41, 5.74) is 0.306. The topological polar surface area (TPSA) is 62.2 Å². The molecule has 5 heteroatoms. The van der Waals surface area contributed by atoms with Gasteiger partial charge in [0.25, 0.3) is 5.91 Å². The fraction of sp³-hybridized carbons (Fsp3) is 0.167. The number of aliphatic hydroxyl groups excluding tert-OH is 1. The summed E-state index contributed by atoms with van der Waals surface area (Å²) < 4.78 is 13.4. The van der Waals surface area contributed by atoms with Gasteiger partial charge in [0, 0.05) is 11.9 Å². The van der Waals surface area contributed by atoms with Crippen LogP contribution in [-0.2, 0) is 0 Å². The molecule has 88 valence electrons. The summed E-state index contributed by atoms with van der Waals surface area (Å²) >= 11 is 0. The van der Waals surface area contributed by atoms with E-state index in [4.69, 9.17) is 5.11 Å². The van der Waals surface area contributed by atoms with Gasteiger partial charge in [-0.25, -0.2) is 9.37 Å². The fourth-order valence-corrected chi connectivity index (χ4v) is 1.50. The van der Waals surface area contributed by atoms with Crippen molar-refractivity contribution in [1.82, 2.24) is 10.3 Å². The first-order chi connectivity index (χ1) is 8.22. The van der Waals surface area contributed by atoms with E-state index in [2.05, 4.69) is 10.3 Å². The molecule has 1 amide bonds. The molecule has 0 aliphatic carbocycles. The van der Waals surface area contributed by atoms with Crippen LogP contribution in [0.4, 0.5) is 4.39 Å². The molecule has 0 saturated carbocycles. The van der Waals surface area contributed by atoms with Gasteiger partial charge in [0.2, 0.25) is 0 Å². The normalized spacial score (nSPS) is 10.5. The number of pyridine rings is 1. The van der Waals surface area contributed by atoms with Gasteiger partial charge >= 0.3 is 0 Å². The largest absolute Gasteiger partial charge is 0.395 e. The highest BCUT2D eigenvalue weighted by atomic mass is 19.1. The molecule has 0 spiro atoms. The summed E-state index contributed by atoms with van der Waals surface area (Å²) in [6, 6.07) is 7.77. The van der Waals surface area contributed by atoms with Gasteiger partial charge in [0.05, 0.1) is 6.61 Å². The molecule has 0 aliphatic rings. The zero-order chi connectivity index (χ0) is 12.3. The maximum Gasteiger partial charge on any atom is 0.269 e. The van der Waals surface area contributed by atoms with Crippen LogP contribution < -0.4 is 5.32 Å². The van der Waals surface area contributed by atoms with E-state index in [0.717, 1.165) is 0 Å². The number of fused-ring (bicyclic) bond motifs is 1. The number of hydrogen-bond donors (Lipinski definition) is 2. The number of carbonyl (C=O) groups excluding carboxylic acids is 1. The van der Waals surface area contributed by atoms with Crippen molar-refractivity contribution in [2.24, 2.45) is 0 Å². The van der Waals surface area contributed by atoms with Gasteiger partial charge in [0.15, 0.2) is 0 Å². The Labute approximate surface area is 97.1 Å². The molecule has 0 radical (unpaired) electrons. The van der Waals surface area contributed by atoms with E-state index in [1.54, 1.807) is 18.2 Å². The number of carbonyl (C=O) groups is 1. The van der Waals surface area contributed by atoms with Gasteiger partial charge in [-0.1, -0.05) is 18.2 Å². The van der Waals surface area contributed by atoms with Crippen molar-refractivity contribution >= 4 is 16.8 Å². The highest BCUT2D eigenvalue weighted by Crippen LogP contribution is 2.15. The molecule has 2 aromatic rings. The van der Waals surface area contributed by atoms with E-state index in [1.165, 1.54) is 12.1 Å². The van der Waals surface area contributed by atoms with Crippen molar-refractivity contribution in [2.45, 2.75) is 0 Å². The fourth-order valence-electron chi connectivity index (χ4n) is 1.50. The van der Waals surface area contributed by atoms with E-state index in [-0.39, 0.29) is 24.4 Å². The Bertz CT molecular complexity index is 557. The summed E-state index contributed by atoms with van der Waals surface area (Å²) in [7, 11) is 0. The molecule has 1 aromatic heterocycles. The summed E-state index contributed by atoms with van der Waals surface area (Å²) in [4.78, 5) is 15.5. The molecule has 0 aliphatic heterocycles. The number of nitrogens with zero attached hydrogens (tertiary/aromatic N) is 1. The van der Waals surface area contributed by atoms with Crippen molar-refractivity contribution in [1.29, 1.82) is 0 Å². The van der Waals surface area contributed by atoms with E-state index >= 15 is 0 Å². The Hall–Kier alpha value is -2.01. The van der Waals surface area contributed by atoms with E-state index < -0.39 is 11.7 Å². The molecule has 0 bridgehead atoms. The minimum Gasteiger partial charge on any atom is -0.395 e. The second-order valence-corrected chi connectivity index (χ2v) is 3.49. The molecule has 0 saturated heterocycles. The molecule has 1 heterocycles. The second-order valence-electron chi connectivity index (χ2n) is 3.49. The van der Waals surface area contributed by atoms with Crippen LogP contribution in [0.5, 0.6) is 0 Å². The van der Waals surface area contributed by atoms with Gasteiger partial charge in [-0.3, -0.25) is 4.79 Å². The van der Waals surface area contributed by atoms with Crippen LogP contribution in [-0.4, -0.2) is 29.1 Å². The highest BCUT2D eigenvalue weighted by molar-refractivity contribution is 5.94. The van der Waals surface area contributed by atoms with Gasteiger partial charge in [-0.2, -0.15) is 0 Å². The Morgan fingerprint density at radius 3 is 2.94 bits per heavy atom. The van der Waals surface area contributed by atoms with Crippen LogP contribution in [0.3, 0.4) is 0 Å². The Morgan fingerprint density at radius 1 is 1.35 bits per heavy atom. The van der Waals surface area contributed by atoms with Gasteiger partial charge in [-0.15, -0.1) is 0 Å². The summed E-state index contributed by atoms with van der Waals surface area (Å²) in [6.07, 6.45) is 0. The van der Waals surface area contributed by atoms with Crippen LogP contribution in [0.2, 0.25) is 0 Å². The minimum absolute atomic E-state index is 0.135. The number of aromatic nitrogens is 1. The molecule has 4 nitrogen and oxygen atoms in total. The molecule has 2 rings (SSSR count). The standard InChI is InChI=1S/C12H11FN2O2/c13-9-3-1-2-8-4-5-10(15-11(8)9)12(17)14-6-7-16/h1-5,16H,6-7H2,(H,14,17). The number of amides is 1. The average molecular weight is 234 g/mol. The average Bonchev–Trinajstić information content (AvgIpc) is 2.36. The third-order valence-electron chi connectivity index (χ3n) is 2.30. The molecule has 1 aromatic carbocycles. The number of halogens is 1. The molecule has 2 N–H and O–H groups in total. The number of aliphatic hydroxyl groups is 1. The molecular formula is C12H11FN2O2. The Morgan fingerprint density at radius 2 is 2.18 bits per heavy atom. The van der Waals surface area contributed by atoms with Gasteiger partial charge < -0.3 is 10.4 Å². The summed E-state index contributed by atoms with van der Waals surface area (Å²) in [6.45, 7) is 0.00348. The zero-order valence-corrected chi connectivity index (χ0v) is 8.98. The molecular weight excluding hydrogens is 223 g/mol. The predicted molar refractivity (Wildman–Crippen MR) is 61.1 cm³/mol. The lowest BCUT2D eigenvalue weighted by Gasteiger charge is -2.04. The lowest BCUT2D eigenvalue weighted by molar-refractivity contribution is 0.0940. The zero-order valence-electron chi connectivity index (χ0n) is 8.98. The SMILES string of the molecule is O=C(NCCO)c1ccc2cccc(F)c2n1. The maximum atomic E-state index is 13.4. The summed E-state index contributed by atoms with van der Waals surface area (Å²) in [5, 5.41) is 11.7. The number of para-hydroxylation sites is 1. The van der Waals surface area contributed by atoms with Crippen molar-refractivity contribution in [3.05, 3.63) is 41.8 Å². The number of hydrogen-bond acceptors (Lipinski definition) is 3. The van der Waals surface area contributed by atoms with Crippen LogP contribution >= 0.6 is 0 Å². The molecule has 0 unspecified atom stereocenters. The van der Waals surface area contributed by atoms with Crippen LogP contribution in [0.25, 0.3) is 10.9 Å². The number of benzene rings is 1. The monoisotopic (exact) mass is 234 g/mol. The molecule has 0 fully saturated rings. The molecule has 17 heavy (non-hydrogen) atoms. The van der Waals surface area contributed by atoms with Crippen LogP contribution in [0.15, 0.2) is 30.3 Å². The van der Waals surface area contributed by atoms with Crippen LogP contribution in [0.1, 0.15) is 10.5 Å². The number of rotatable bonds is 3. The van der Waals surface area contributed by atoms with E-state index in [0.29, 0.717) is 5.39 Å². The Kier molecular flexibility index (Phi) is 3.30. The quantitative estimate of drug-likeness (QED) is 0.835. The lowest BCUT2D eigenvalue weighted by atomic mass is 10.2. The smallest absolute Gasteiger partial charge is 0.269 e.